The van der Waals surface area contributed by atoms with Crippen molar-refractivity contribution < 1.29 is 19.1 Å². The van der Waals surface area contributed by atoms with Crippen LogP contribution in [0.1, 0.15) is 33.1 Å². The Morgan fingerprint density at radius 1 is 1.31 bits per heavy atom. The highest BCUT2D eigenvalue weighted by Crippen LogP contribution is 1.97. The van der Waals surface area contributed by atoms with Crippen molar-refractivity contribution in [3.05, 3.63) is 0 Å². The standard InChI is InChI=1S/C11H21NO4/c1-4-16-10(13)7-5-6-8-12-9(2)11(14)15-3/h9,12H,4-8H2,1-3H3/t9-/m0/s1. The number of unbranched alkanes of at least 4 members (excludes halogenated alkanes) is 1. The molecule has 0 fully saturated rings. The topological polar surface area (TPSA) is 64.6 Å². The van der Waals surface area contributed by atoms with Crippen molar-refractivity contribution in [2.75, 3.05) is 20.3 Å². The minimum Gasteiger partial charge on any atom is -0.468 e. The van der Waals surface area contributed by atoms with Crippen LogP contribution in [0, 0.1) is 0 Å². The predicted octanol–water partition coefficient (Wildman–Crippen LogP) is 0.871. The van der Waals surface area contributed by atoms with E-state index in [0.29, 0.717) is 19.6 Å². The summed E-state index contributed by atoms with van der Waals surface area (Å²) in [5.41, 5.74) is 0. The summed E-state index contributed by atoms with van der Waals surface area (Å²) in [6, 6.07) is -0.299. The molecule has 5 nitrogen and oxygen atoms in total. The number of nitrogens with one attached hydrogen (secondary N) is 1. The van der Waals surface area contributed by atoms with Crippen molar-refractivity contribution in [3.63, 3.8) is 0 Å². The van der Waals surface area contributed by atoms with E-state index in [9.17, 15) is 9.59 Å². The molecule has 0 heterocycles. The first-order valence-electron chi connectivity index (χ1n) is 5.58. The van der Waals surface area contributed by atoms with Crippen LogP contribution in [0.5, 0.6) is 0 Å². The van der Waals surface area contributed by atoms with E-state index in [-0.39, 0.29) is 18.0 Å². The fraction of sp³-hybridized carbons (Fsp3) is 0.818. The molecule has 0 bridgehead atoms. The number of ether oxygens (including phenoxy) is 2. The molecule has 0 aromatic heterocycles. The third kappa shape index (κ3) is 7.23. The van der Waals surface area contributed by atoms with Gasteiger partial charge in [-0.05, 0) is 33.2 Å². The van der Waals surface area contributed by atoms with Crippen LogP contribution in [0.4, 0.5) is 0 Å². The minimum absolute atomic E-state index is 0.163. The van der Waals surface area contributed by atoms with Gasteiger partial charge in [0.15, 0.2) is 0 Å². The van der Waals surface area contributed by atoms with Gasteiger partial charge < -0.3 is 14.8 Å². The average molecular weight is 231 g/mol. The van der Waals surface area contributed by atoms with E-state index in [1.165, 1.54) is 7.11 Å². The van der Waals surface area contributed by atoms with Gasteiger partial charge in [-0.1, -0.05) is 0 Å². The van der Waals surface area contributed by atoms with Crippen LogP contribution in [-0.4, -0.2) is 38.2 Å². The van der Waals surface area contributed by atoms with Crippen LogP contribution >= 0.6 is 0 Å². The van der Waals surface area contributed by atoms with Gasteiger partial charge in [-0.3, -0.25) is 9.59 Å². The molecule has 0 radical (unpaired) electrons. The van der Waals surface area contributed by atoms with Crippen LogP contribution in [0.2, 0.25) is 0 Å². The highest BCUT2D eigenvalue weighted by molar-refractivity contribution is 5.75. The van der Waals surface area contributed by atoms with E-state index in [2.05, 4.69) is 10.1 Å². The van der Waals surface area contributed by atoms with Crippen molar-refractivity contribution in [3.8, 4) is 0 Å². The van der Waals surface area contributed by atoms with Crippen molar-refractivity contribution in [2.45, 2.75) is 39.2 Å². The Bertz CT molecular complexity index is 218. The first kappa shape index (κ1) is 14.9. The van der Waals surface area contributed by atoms with Crippen LogP contribution in [0.15, 0.2) is 0 Å². The summed E-state index contributed by atoms with van der Waals surface area (Å²) in [5, 5.41) is 3.01. The summed E-state index contributed by atoms with van der Waals surface area (Å²) < 4.78 is 9.36. The van der Waals surface area contributed by atoms with E-state index in [1.807, 2.05) is 0 Å². The van der Waals surface area contributed by atoms with Gasteiger partial charge in [0.05, 0.1) is 13.7 Å². The molecule has 0 aliphatic carbocycles. The van der Waals surface area contributed by atoms with Gasteiger partial charge >= 0.3 is 11.9 Å². The normalized spacial score (nSPS) is 11.9. The van der Waals surface area contributed by atoms with Gasteiger partial charge in [-0.15, -0.1) is 0 Å². The fourth-order valence-corrected chi connectivity index (χ4v) is 1.21. The van der Waals surface area contributed by atoms with Crippen molar-refractivity contribution in [1.82, 2.24) is 5.32 Å². The monoisotopic (exact) mass is 231 g/mol. The molecule has 0 amide bonds. The minimum atomic E-state index is -0.299. The molecule has 5 heteroatoms. The quantitative estimate of drug-likeness (QED) is 0.496. The Hall–Kier alpha value is -1.10. The fourth-order valence-electron chi connectivity index (χ4n) is 1.21. The van der Waals surface area contributed by atoms with E-state index < -0.39 is 0 Å². The molecule has 0 aromatic carbocycles. The first-order valence-corrected chi connectivity index (χ1v) is 5.58. The molecular formula is C11H21NO4. The average Bonchev–Trinajstić information content (AvgIpc) is 2.27. The Balaban J connectivity index is 3.40. The van der Waals surface area contributed by atoms with E-state index in [1.54, 1.807) is 13.8 Å². The highest BCUT2D eigenvalue weighted by Gasteiger charge is 2.11. The zero-order valence-electron chi connectivity index (χ0n) is 10.2. The van der Waals surface area contributed by atoms with Crippen LogP contribution in [-0.2, 0) is 19.1 Å². The number of methoxy groups -OCH3 is 1. The first-order chi connectivity index (χ1) is 7.61. The lowest BCUT2D eigenvalue weighted by atomic mass is 10.2. The number of rotatable bonds is 8. The van der Waals surface area contributed by atoms with Gasteiger partial charge in [-0.2, -0.15) is 0 Å². The zero-order valence-corrected chi connectivity index (χ0v) is 10.2. The molecule has 0 rings (SSSR count). The molecule has 1 atom stereocenters. The van der Waals surface area contributed by atoms with Crippen LogP contribution < -0.4 is 5.32 Å². The van der Waals surface area contributed by atoms with Crippen LogP contribution in [0.25, 0.3) is 0 Å². The van der Waals surface area contributed by atoms with Crippen molar-refractivity contribution >= 4 is 11.9 Å². The number of hydrogen-bond donors (Lipinski definition) is 1. The summed E-state index contributed by atoms with van der Waals surface area (Å²) >= 11 is 0. The lowest BCUT2D eigenvalue weighted by molar-refractivity contribution is -0.144. The maximum absolute atomic E-state index is 11.0. The van der Waals surface area contributed by atoms with Gasteiger partial charge in [0.25, 0.3) is 0 Å². The Morgan fingerprint density at radius 2 is 2.00 bits per heavy atom. The summed E-state index contributed by atoms with van der Waals surface area (Å²) in [5.74, 6) is -0.436. The zero-order chi connectivity index (χ0) is 12.4. The molecule has 0 aliphatic rings. The number of carbonyl (C=O) groups is 2. The molecule has 0 aromatic rings. The van der Waals surface area contributed by atoms with Crippen LogP contribution in [0.3, 0.4) is 0 Å². The van der Waals surface area contributed by atoms with E-state index in [0.717, 1.165) is 12.8 Å². The highest BCUT2D eigenvalue weighted by atomic mass is 16.5. The largest absolute Gasteiger partial charge is 0.468 e. The molecule has 0 unspecified atom stereocenters. The molecular weight excluding hydrogens is 210 g/mol. The maximum Gasteiger partial charge on any atom is 0.322 e. The van der Waals surface area contributed by atoms with Crippen molar-refractivity contribution in [1.29, 1.82) is 0 Å². The van der Waals surface area contributed by atoms with Crippen molar-refractivity contribution in [2.24, 2.45) is 0 Å². The molecule has 0 aliphatic heterocycles. The SMILES string of the molecule is CCOC(=O)CCCCN[C@@H](C)C(=O)OC. The summed E-state index contributed by atoms with van der Waals surface area (Å²) in [4.78, 5) is 22.0. The third-order valence-corrected chi connectivity index (χ3v) is 2.12. The third-order valence-electron chi connectivity index (χ3n) is 2.12. The van der Waals surface area contributed by atoms with Gasteiger partial charge in [0.1, 0.15) is 6.04 Å². The van der Waals surface area contributed by atoms with Gasteiger partial charge in [0, 0.05) is 6.42 Å². The predicted molar refractivity (Wildman–Crippen MR) is 60.0 cm³/mol. The molecule has 0 spiro atoms. The molecule has 94 valence electrons. The lowest BCUT2D eigenvalue weighted by Gasteiger charge is -2.10. The smallest absolute Gasteiger partial charge is 0.322 e. The van der Waals surface area contributed by atoms with Gasteiger partial charge in [-0.25, -0.2) is 0 Å². The van der Waals surface area contributed by atoms with E-state index >= 15 is 0 Å². The van der Waals surface area contributed by atoms with E-state index in [4.69, 9.17) is 4.74 Å². The lowest BCUT2D eigenvalue weighted by Crippen LogP contribution is -2.35. The number of esters is 2. The molecule has 0 saturated heterocycles. The summed E-state index contributed by atoms with van der Waals surface area (Å²) in [6.45, 7) is 4.65. The number of carbonyl (C=O) groups excluding carboxylic acids is 2. The molecule has 0 saturated carbocycles. The van der Waals surface area contributed by atoms with Gasteiger partial charge in [0.2, 0.25) is 0 Å². The Kier molecular flexibility index (Phi) is 8.52. The Morgan fingerprint density at radius 3 is 2.56 bits per heavy atom. The molecule has 1 N–H and O–H groups in total. The maximum atomic E-state index is 11.0. The second-order valence-corrected chi connectivity index (χ2v) is 3.46. The Labute approximate surface area is 96.5 Å². The second kappa shape index (κ2) is 9.15. The number of hydrogen-bond acceptors (Lipinski definition) is 5. The summed E-state index contributed by atoms with van der Waals surface area (Å²) in [7, 11) is 1.36. The summed E-state index contributed by atoms with van der Waals surface area (Å²) in [6.07, 6.45) is 2.03. The second-order valence-electron chi connectivity index (χ2n) is 3.46. The molecule has 16 heavy (non-hydrogen) atoms.